The minimum absolute atomic E-state index is 0.0605. The second kappa shape index (κ2) is 10.1. The Morgan fingerprint density at radius 1 is 1.04 bits per heavy atom. The molecule has 148 valence electrons. The highest BCUT2D eigenvalue weighted by Crippen LogP contribution is 2.30. The Bertz CT molecular complexity index is 794. The summed E-state index contributed by atoms with van der Waals surface area (Å²) >= 11 is 1.34. The number of ether oxygens (including phenoxy) is 1. The van der Waals surface area contributed by atoms with Crippen LogP contribution in [0.25, 0.3) is 0 Å². The van der Waals surface area contributed by atoms with Crippen LogP contribution in [0.4, 0.5) is 17.1 Å². The van der Waals surface area contributed by atoms with Crippen LogP contribution in [0.15, 0.2) is 54.6 Å². The van der Waals surface area contributed by atoms with Crippen LogP contribution in [-0.4, -0.2) is 61.6 Å². The van der Waals surface area contributed by atoms with Gasteiger partial charge in [0.15, 0.2) is 0 Å². The lowest BCUT2D eigenvalue weighted by atomic mass is 10.2. The zero-order valence-electron chi connectivity index (χ0n) is 16.0. The summed E-state index contributed by atoms with van der Waals surface area (Å²) in [6, 6.07) is 17.7. The zero-order chi connectivity index (χ0) is 19.8. The molecule has 0 aromatic heterocycles. The van der Waals surface area contributed by atoms with Crippen molar-refractivity contribution in [3.63, 3.8) is 0 Å². The van der Waals surface area contributed by atoms with E-state index < -0.39 is 0 Å². The number of thioether (sulfide) groups is 1. The third-order valence-electron chi connectivity index (χ3n) is 4.51. The highest BCUT2D eigenvalue weighted by Gasteiger charge is 2.17. The van der Waals surface area contributed by atoms with Crippen LogP contribution in [0.2, 0.25) is 0 Å². The summed E-state index contributed by atoms with van der Waals surface area (Å²) in [6.07, 6.45) is 0. The molecule has 28 heavy (non-hydrogen) atoms. The van der Waals surface area contributed by atoms with Crippen LogP contribution < -0.4 is 10.2 Å². The number of carbonyl (C=O) groups excluding carboxylic acids is 2. The van der Waals surface area contributed by atoms with Gasteiger partial charge in [0.1, 0.15) is 0 Å². The minimum Gasteiger partial charge on any atom is -0.378 e. The van der Waals surface area contributed by atoms with Gasteiger partial charge in [0, 0.05) is 25.8 Å². The fraction of sp³-hybridized carbons (Fsp3) is 0.333. The lowest BCUT2D eigenvalue weighted by Gasteiger charge is -2.26. The maximum absolute atomic E-state index is 12.4. The Balaban J connectivity index is 1.53. The molecule has 3 rings (SSSR count). The van der Waals surface area contributed by atoms with Crippen LogP contribution in [0.3, 0.4) is 0 Å². The van der Waals surface area contributed by atoms with E-state index >= 15 is 0 Å². The summed E-state index contributed by atoms with van der Waals surface area (Å²) in [7, 11) is 1.97. The fourth-order valence-corrected chi connectivity index (χ4v) is 3.70. The normalized spacial score (nSPS) is 13.8. The summed E-state index contributed by atoms with van der Waals surface area (Å²) in [6.45, 7) is 2.43. The molecular weight excluding hydrogens is 374 g/mol. The number of hydrogen-bond donors (Lipinski definition) is 1. The summed E-state index contributed by atoms with van der Waals surface area (Å²) in [5, 5.41) is 2.97. The number of benzene rings is 2. The second-order valence-corrected chi connectivity index (χ2v) is 7.43. The van der Waals surface area contributed by atoms with Crippen molar-refractivity contribution in [2.45, 2.75) is 0 Å². The van der Waals surface area contributed by atoms with E-state index in [9.17, 15) is 9.59 Å². The van der Waals surface area contributed by atoms with E-state index in [-0.39, 0.29) is 17.6 Å². The molecule has 2 aromatic carbocycles. The molecule has 0 radical (unpaired) electrons. The van der Waals surface area contributed by atoms with Gasteiger partial charge in [-0.25, -0.2) is 0 Å². The van der Waals surface area contributed by atoms with Gasteiger partial charge in [-0.2, -0.15) is 0 Å². The maximum Gasteiger partial charge on any atom is 0.234 e. The molecule has 1 heterocycles. The number of para-hydroxylation sites is 3. The van der Waals surface area contributed by atoms with E-state index in [0.717, 1.165) is 17.1 Å². The topological polar surface area (TPSA) is 61.9 Å². The van der Waals surface area contributed by atoms with Gasteiger partial charge < -0.3 is 19.9 Å². The number of amides is 2. The average Bonchev–Trinajstić information content (AvgIpc) is 2.75. The van der Waals surface area contributed by atoms with E-state index in [1.807, 2.05) is 66.5 Å². The number of nitrogens with one attached hydrogen (secondary N) is 1. The molecule has 6 nitrogen and oxygen atoms in total. The van der Waals surface area contributed by atoms with Crippen molar-refractivity contribution in [1.29, 1.82) is 0 Å². The predicted octanol–water partition coefficient (Wildman–Crippen LogP) is 2.99. The van der Waals surface area contributed by atoms with E-state index in [2.05, 4.69) is 5.32 Å². The van der Waals surface area contributed by atoms with Gasteiger partial charge in [0.25, 0.3) is 0 Å². The number of rotatable bonds is 7. The highest BCUT2D eigenvalue weighted by molar-refractivity contribution is 8.00. The number of hydrogen-bond acceptors (Lipinski definition) is 5. The van der Waals surface area contributed by atoms with Crippen molar-refractivity contribution in [1.82, 2.24) is 4.90 Å². The molecule has 1 saturated heterocycles. The molecule has 1 aliphatic heterocycles. The third kappa shape index (κ3) is 5.50. The van der Waals surface area contributed by atoms with Crippen molar-refractivity contribution >= 4 is 40.6 Å². The summed E-state index contributed by atoms with van der Waals surface area (Å²) in [5.41, 5.74) is 2.70. The van der Waals surface area contributed by atoms with Gasteiger partial charge >= 0.3 is 0 Å². The Hall–Kier alpha value is -2.51. The largest absolute Gasteiger partial charge is 0.378 e. The summed E-state index contributed by atoms with van der Waals surface area (Å²) < 4.78 is 5.25. The number of nitrogens with zero attached hydrogens (tertiary/aromatic N) is 2. The van der Waals surface area contributed by atoms with E-state index in [4.69, 9.17) is 4.74 Å². The quantitative estimate of drug-likeness (QED) is 0.776. The molecule has 0 aliphatic carbocycles. The number of anilines is 3. The van der Waals surface area contributed by atoms with Crippen molar-refractivity contribution in [3.8, 4) is 0 Å². The molecule has 0 spiro atoms. The first-order chi connectivity index (χ1) is 13.6. The Morgan fingerprint density at radius 2 is 1.71 bits per heavy atom. The third-order valence-corrected chi connectivity index (χ3v) is 5.42. The van der Waals surface area contributed by atoms with E-state index in [0.29, 0.717) is 32.1 Å². The van der Waals surface area contributed by atoms with Gasteiger partial charge in [-0.15, -0.1) is 11.8 Å². The van der Waals surface area contributed by atoms with E-state index in [1.54, 1.807) is 4.90 Å². The molecule has 0 unspecified atom stereocenters. The van der Waals surface area contributed by atoms with Crippen LogP contribution >= 0.6 is 11.8 Å². The van der Waals surface area contributed by atoms with Gasteiger partial charge in [-0.3, -0.25) is 9.59 Å². The smallest absolute Gasteiger partial charge is 0.234 e. The van der Waals surface area contributed by atoms with Crippen LogP contribution in [0, 0.1) is 0 Å². The van der Waals surface area contributed by atoms with Gasteiger partial charge in [-0.1, -0.05) is 30.3 Å². The molecule has 1 aliphatic rings. The monoisotopic (exact) mass is 399 g/mol. The first-order valence-electron chi connectivity index (χ1n) is 9.26. The Morgan fingerprint density at radius 3 is 2.46 bits per heavy atom. The second-order valence-electron chi connectivity index (χ2n) is 6.45. The van der Waals surface area contributed by atoms with Gasteiger partial charge in [0.05, 0.1) is 36.1 Å². The predicted molar refractivity (Wildman–Crippen MR) is 114 cm³/mol. The van der Waals surface area contributed by atoms with Crippen molar-refractivity contribution < 1.29 is 14.3 Å². The Kier molecular flexibility index (Phi) is 7.33. The molecule has 1 N–H and O–H groups in total. The molecular formula is C21H25N3O3S. The lowest BCUT2D eigenvalue weighted by Crippen LogP contribution is -2.41. The lowest BCUT2D eigenvalue weighted by molar-refractivity contribution is -0.132. The molecule has 1 fully saturated rings. The molecule has 2 amide bonds. The van der Waals surface area contributed by atoms with Crippen LogP contribution in [0.5, 0.6) is 0 Å². The minimum atomic E-state index is -0.117. The molecule has 7 heteroatoms. The van der Waals surface area contributed by atoms with Crippen molar-refractivity contribution in [3.05, 3.63) is 54.6 Å². The molecule has 0 bridgehead atoms. The molecule has 0 atom stereocenters. The molecule has 2 aromatic rings. The fourth-order valence-electron chi connectivity index (χ4n) is 2.98. The average molecular weight is 400 g/mol. The Labute approximate surface area is 169 Å². The highest BCUT2D eigenvalue weighted by atomic mass is 32.2. The first-order valence-corrected chi connectivity index (χ1v) is 10.4. The SMILES string of the molecule is CN(c1ccccc1)c1ccccc1NC(=O)CSCC(=O)N1CCOCC1. The zero-order valence-corrected chi connectivity index (χ0v) is 16.8. The first kappa shape index (κ1) is 20.2. The van der Waals surface area contributed by atoms with Gasteiger partial charge in [-0.05, 0) is 24.3 Å². The van der Waals surface area contributed by atoms with E-state index in [1.165, 1.54) is 11.8 Å². The molecule has 0 saturated carbocycles. The van der Waals surface area contributed by atoms with Gasteiger partial charge in [0.2, 0.25) is 11.8 Å². The number of morpholine rings is 1. The maximum atomic E-state index is 12.4. The standard InChI is InChI=1S/C21H25N3O3S/c1-23(17-7-3-2-4-8-17)19-10-6-5-9-18(19)22-20(25)15-28-16-21(26)24-11-13-27-14-12-24/h2-10H,11-16H2,1H3,(H,22,25). The van der Waals surface area contributed by atoms with Crippen molar-refractivity contribution in [2.75, 3.05) is 55.1 Å². The summed E-state index contributed by atoms with van der Waals surface area (Å²) in [5.74, 6) is 0.484. The van der Waals surface area contributed by atoms with Crippen molar-refractivity contribution in [2.24, 2.45) is 0 Å². The van der Waals surface area contributed by atoms with Crippen LogP contribution in [-0.2, 0) is 14.3 Å². The number of carbonyl (C=O) groups is 2. The summed E-state index contributed by atoms with van der Waals surface area (Å²) in [4.78, 5) is 28.4. The van der Waals surface area contributed by atoms with Crippen LogP contribution in [0.1, 0.15) is 0 Å².